The molecule has 0 atom stereocenters. The molecular formula is C10H13NO3. The Morgan fingerprint density at radius 3 is 2.79 bits per heavy atom. The third-order valence-electron chi connectivity index (χ3n) is 2.25. The minimum Gasteiger partial charge on any atom is -0.478 e. The van der Waals surface area contributed by atoms with Crippen LogP contribution in [0.25, 0.3) is 0 Å². The van der Waals surface area contributed by atoms with Gasteiger partial charge in [0, 0.05) is 17.8 Å². The first-order valence-electron chi connectivity index (χ1n) is 4.64. The van der Waals surface area contributed by atoms with Gasteiger partial charge in [0.05, 0.1) is 19.8 Å². The highest BCUT2D eigenvalue weighted by Crippen LogP contribution is 2.29. The molecule has 14 heavy (non-hydrogen) atoms. The van der Waals surface area contributed by atoms with E-state index in [4.69, 9.17) is 9.47 Å². The number of aromatic nitrogens is 1. The molecule has 2 heterocycles. The van der Waals surface area contributed by atoms with Crippen LogP contribution in [0.3, 0.4) is 0 Å². The molecule has 0 unspecified atom stereocenters. The summed E-state index contributed by atoms with van der Waals surface area (Å²) in [5.41, 5.74) is -0.0511. The summed E-state index contributed by atoms with van der Waals surface area (Å²) in [6.45, 7) is 3.20. The van der Waals surface area contributed by atoms with Crippen molar-refractivity contribution in [2.24, 2.45) is 0 Å². The fourth-order valence-corrected chi connectivity index (χ4v) is 1.35. The Balaban J connectivity index is 2.13. The standard InChI is InChI=1S/C10H13NO3/c1-2-14-9-4-3-8(5-11-9)10(12)6-13-7-10/h3-5,12H,2,6-7H2,1H3. The molecule has 4 heteroatoms. The van der Waals surface area contributed by atoms with Crippen LogP contribution < -0.4 is 4.74 Å². The zero-order valence-corrected chi connectivity index (χ0v) is 8.06. The Hall–Kier alpha value is -1.13. The molecule has 2 rings (SSSR count). The predicted octanol–water partition coefficient (Wildman–Crippen LogP) is 0.698. The van der Waals surface area contributed by atoms with Crippen LogP contribution in [0.1, 0.15) is 12.5 Å². The van der Waals surface area contributed by atoms with Gasteiger partial charge in [-0.3, -0.25) is 0 Å². The Bertz CT molecular complexity index is 306. The fourth-order valence-electron chi connectivity index (χ4n) is 1.35. The van der Waals surface area contributed by atoms with Crippen molar-refractivity contribution in [3.05, 3.63) is 23.9 Å². The number of ether oxygens (including phenoxy) is 2. The summed E-state index contributed by atoms with van der Waals surface area (Å²) in [6.07, 6.45) is 1.63. The van der Waals surface area contributed by atoms with Crippen molar-refractivity contribution in [2.45, 2.75) is 12.5 Å². The number of hydrogen-bond donors (Lipinski definition) is 1. The van der Waals surface area contributed by atoms with Gasteiger partial charge in [-0.25, -0.2) is 4.98 Å². The summed E-state index contributed by atoms with van der Waals surface area (Å²) < 4.78 is 10.2. The summed E-state index contributed by atoms with van der Waals surface area (Å²) >= 11 is 0. The molecule has 0 bridgehead atoms. The maximum atomic E-state index is 9.90. The molecule has 0 aromatic carbocycles. The van der Waals surface area contributed by atoms with Gasteiger partial charge in [0.25, 0.3) is 0 Å². The van der Waals surface area contributed by atoms with Crippen molar-refractivity contribution in [3.63, 3.8) is 0 Å². The van der Waals surface area contributed by atoms with E-state index >= 15 is 0 Å². The van der Waals surface area contributed by atoms with E-state index in [1.165, 1.54) is 0 Å². The first-order chi connectivity index (χ1) is 6.74. The highest BCUT2D eigenvalue weighted by atomic mass is 16.5. The van der Waals surface area contributed by atoms with Crippen LogP contribution >= 0.6 is 0 Å². The lowest BCUT2D eigenvalue weighted by molar-refractivity contribution is -0.184. The molecule has 1 saturated heterocycles. The first kappa shape index (κ1) is 9.43. The number of rotatable bonds is 3. The summed E-state index contributed by atoms with van der Waals surface area (Å²) in [6, 6.07) is 3.58. The molecule has 1 aliphatic rings. The van der Waals surface area contributed by atoms with Crippen molar-refractivity contribution in [1.29, 1.82) is 0 Å². The summed E-state index contributed by atoms with van der Waals surface area (Å²) in [7, 11) is 0. The third kappa shape index (κ3) is 1.58. The van der Waals surface area contributed by atoms with E-state index < -0.39 is 5.60 Å². The van der Waals surface area contributed by atoms with Crippen LogP contribution in [0.15, 0.2) is 18.3 Å². The van der Waals surface area contributed by atoms with Gasteiger partial charge in [0.1, 0.15) is 5.60 Å². The molecule has 1 aromatic heterocycles. The lowest BCUT2D eigenvalue weighted by Gasteiger charge is -2.36. The molecule has 1 N–H and O–H groups in total. The van der Waals surface area contributed by atoms with Crippen LogP contribution in [0.4, 0.5) is 0 Å². The average Bonchev–Trinajstić information content (AvgIpc) is 2.16. The van der Waals surface area contributed by atoms with Crippen molar-refractivity contribution in [3.8, 4) is 5.88 Å². The molecule has 4 nitrogen and oxygen atoms in total. The summed E-state index contributed by atoms with van der Waals surface area (Å²) in [4.78, 5) is 4.08. The van der Waals surface area contributed by atoms with Gasteiger partial charge < -0.3 is 14.6 Å². The second kappa shape index (κ2) is 3.55. The van der Waals surface area contributed by atoms with E-state index in [1.807, 2.05) is 13.0 Å². The lowest BCUT2D eigenvalue weighted by atomic mass is 9.94. The molecule has 0 amide bonds. The molecule has 1 fully saturated rings. The van der Waals surface area contributed by atoms with Crippen LogP contribution in [0.5, 0.6) is 5.88 Å². The van der Waals surface area contributed by atoms with Crippen molar-refractivity contribution >= 4 is 0 Å². The van der Waals surface area contributed by atoms with Gasteiger partial charge in [0.2, 0.25) is 5.88 Å². The summed E-state index contributed by atoms with van der Waals surface area (Å²) in [5, 5.41) is 9.90. The van der Waals surface area contributed by atoms with E-state index in [-0.39, 0.29) is 0 Å². The molecule has 1 aliphatic heterocycles. The van der Waals surface area contributed by atoms with Gasteiger partial charge >= 0.3 is 0 Å². The van der Waals surface area contributed by atoms with Crippen LogP contribution in [-0.4, -0.2) is 29.9 Å². The zero-order valence-electron chi connectivity index (χ0n) is 8.06. The number of pyridine rings is 1. The maximum absolute atomic E-state index is 9.90. The largest absolute Gasteiger partial charge is 0.478 e. The first-order valence-corrected chi connectivity index (χ1v) is 4.64. The van der Waals surface area contributed by atoms with Gasteiger partial charge in [-0.15, -0.1) is 0 Å². The van der Waals surface area contributed by atoms with Crippen LogP contribution in [-0.2, 0) is 10.3 Å². The molecular weight excluding hydrogens is 182 g/mol. The molecule has 76 valence electrons. The smallest absolute Gasteiger partial charge is 0.213 e. The second-order valence-corrected chi connectivity index (χ2v) is 3.34. The summed E-state index contributed by atoms with van der Waals surface area (Å²) in [5.74, 6) is 0.583. The highest BCUT2D eigenvalue weighted by molar-refractivity contribution is 5.25. The van der Waals surface area contributed by atoms with E-state index in [0.717, 1.165) is 5.56 Å². The van der Waals surface area contributed by atoms with Gasteiger partial charge in [0.15, 0.2) is 0 Å². The molecule has 0 saturated carbocycles. The average molecular weight is 195 g/mol. The normalized spacial score (nSPS) is 18.7. The molecule has 0 aliphatic carbocycles. The van der Waals surface area contributed by atoms with Gasteiger partial charge in [-0.05, 0) is 13.0 Å². The maximum Gasteiger partial charge on any atom is 0.213 e. The minimum atomic E-state index is -0.836. The van der Waals surface area contributed by atoms with Crippen LogP contribution in [0, 0.1) is 0 Å². The SMILES string of the molecule is CCOc1ccc(C2(O)COC2)cn1. The monoisotopic (exact) mass is 195 g/mol. The Morgan fingerprint density at radius 1 is 1.57 bits per heavy atom. The molecule has 1 aromatic rings. The highest BCUT2D eigenvalue weighted by Gasteiger charge is 2.38. The van der Waals surface area contributed by atoms with Crippen LogP contribution in [0.2, 0.25) is 0 Å². The van der Waals surface area contributed by atoms with Crippen molar-refractivity contribution < 1.29 is 14.6 Å². The lowest BCUT2D eigenvalue weighted by Crippen LogP contribution is -2.46. The van der Waals surface area contributed by atoms with E-state index in [0.29, 0.717) is 25.7 Å². The van der Waals surface area contributed by atoms with Crippen molar-refractivity contribution in [1.82, 2.24) is 4.98 Å². The molecule has 0 radical (unpaired) electrons. The van der Waals surface area contributed by atoms with E-state index in [9.17, 15) is 5.11 Å². The third-order valence-corrected chi connectivity index (χ3v) is 2.25. The van der Waals surface area contributed by atoms with E-state index in [2.05, 4.69) is 4.98 Å². The number of hydrogen-bond acceptors (Lipinski definition) is 4. The Morgan fingerprint density at radius 2 is 2.36 bits per heavy atom. The Kier molecular flexibility index (Phi) is 2.39. The molecule has 0 spiro atoms. The second-order valence-electron chi connectivity index (χ2n) is 3.34. The topological polar surface area (TPSA) is 51.6 Å². The minimum absolute atomic E-state index is 0.350. The van der Waals surface area contributed by atoms with Crippen molar-refractivity contribution in [2.75, 3.05) is 19.8 Å². The Labute approximate surface area is 82.5 Å². The number of aliphatic hydroxyl groups is 1. The van der Waals surface area contributed by atoms with Gasteiger partial charge in [-0.2, -0.15) is 0 Å². The zero-order chi connectivity index (χ0) is 10.0. The number of nitrogens with zero attached hydrogens (tertiary/aromatic N) is 1. The van der Waals surface area contributed by atoms with E-state index in [1.54, 1.807) is 12.3 Å². The predicted molar refractivity (Wildman–Crippen MR) is 50.1 cm³/mol. The van der Waals surface area contributed by atoms with Gasteiger partial charge in [-0.1, -0.05) is 0 Å². The fraction of sp³-hybridized carbons (Fsp3) is 0.500. The quantitative estimate of drug-likeness (QED) is 0.771.